The SMILES string of the molecule is O=S1CCN(S(=O)(=O)c2cncc(Br)c2)CC1. The summed E-state index contributed by atoms with van der Waals surface area (Å²) in [5.74, 6) is 0.807. The molecule has 0 unspecified atom stereocenters. The van der Waals surface area contributed by atoms with Crippen LogP contribution in [0.25, 0.3) is 0 Å². The van der Waals surface area contributed by atoms with Crippen molar-refractivity contribution in [3.8, 4) is 0 Å². The highest BCUT2D eigenvalue weighted by Crippen LogP contribution is 2.19. The first-order valence-corrected chi connectivity index (χ1v) is 8.68. The molecule has 0 radical (unpaired) electrons. The van der Waals surface area contributed by atoms with Crippen LogP contribution in [0.2, 0.25) is 0 Å². The molecule has 1 saturated heterocycles. The van der Waals surface area contributed by atoms with Gasteiger partial charge in [0, 0.05) is 52.3 Å². The fourth-order valence-electron chi connectivity index (χ4n) is 1.54. The van der Waals surface area contributed by atoms with Gasteiger partial charge in [0.05, 0.1) is 0 Å². The predicted octanol–water partition coefficient (Wildman–Crippen LogP) is 0.597. The molecule has 8 heteroatoms. The molecule has 1 aliphatic rings. The van der Waals surface area contributed by atoms with Crippen LogP contribution in [0, 0.1) is 0 Å². The molecule has 2 heterocycles. The number of sulfonamides is 1. The van der Waals surface area contributed by atoms with Crippen molar-refractivity contribution in [1.82, 2.24) is 9.29 Å². The quantitative estimate of drug-likeness (QED) is 0.791. The van der Waals surface area contributed by atoms with Gasteiger partial charge in [-0.2, -0.15) is 4.31 Å². The summed E-state index contributed by atoms with van der Waals surface area (Å²) in [4.78, 5) is 4.01. The third kappa shape index (κ3) is 2.93. The Labute approximate surface area is 111 Å². The zero-order valence-electron chi connectivity index (χ0n) is 8.87. The minimum Gasteiger partial charge on any atom is -0.262 e. The lowest BCUT2D eigenvalue weighted by molar-refractivity contribution is 0.438. The van der Waals surface area contributed by atoms with Gasteiger partial charge in [0.25, 0.3) is 0 Å². The van der Waals surface area contributed by atoms with Gasteiger partial charge in [0.2, 0.25) is 10.0 Å². The summed E-state index contributed by atoms with van der Waals surface area (Å²) in [5, 5.41) is 0. The number of rotatable bonds is 2. The summed E-state index contributed by atoms with van der Waals surface area (Å²) in [6, 6.07) is 1.52. The molecule has 94 valence electrons. The van der Waals surface area contributed by atoms with Crippen molar-refractivity contribution in [2.45, 2.75) is 4.90 Å². The number of pyridine rings is 1. The predicted molar refractivity (Wildman–Crippen MR) is 68.6 cm³/mol. The largest absolute Gasteiger partial charge is 0.262 e. The molecule has 0 aromatic carbocycles. The normalized spacial score (nSPS) is 19.4. The van der Waals surface area contributed by atoms with E-state index >= 15 is 0 Å². The van der Waals surface area contributed by atoms with E-state index in [4.69, 9.17) is 0 Å². The summed E-state index contributed by atoms with van der Waals surface area (Å²) >= 11 is 3.19. The van der Waals surface area contributed by atoms with Gasteiger partial charge in [-0.15, -0.1) is 0 Å². The van der Waals surface area contributed by atoms with E-state index in [-0.39, 0.29) is 4.90 Å². The highest BCUT2D eigenvalue weighted by Gasteiger charge is 2.28. The van der Waals surface area contributed by atoms with Gasteiger partial charge in [-0.1, -0.05) is 0 Å². The van der Waals surface area contributed by atoms with Crippen LogP contribution in [0.5, 0.6) is 0 Å². The monoisotopic (exact) mass is 338 g/mol. The summed E-state index contributed by atoms with van der Waals surface area (Å²) < 4.78 is 37.6. The van der Waals surface area contributed by atoms with Gasteiger partial charge in [0.15, 0.2) is 0 Å². The lowest BCUT2D eigenvalue weighted by Gasteiger charge is -2.25. The molecule has 0 atom stereocenters. The molecule has 1 aromatic rings. The molecule has 5 nitrogen and oxygen atoms in total. The van der Waals surface area contributed by atoms with Gasteiger partial charge in [-0.05, 0) is 22.0 Å². The minimum absolute atomic E-state index is 0.166. The number of nitrogens with zero attached hydrogens (tertiary/aromatic N) is 2. The Morgan fingerprint density at radius 3 is 2.53 bits per heavy atom. The molecule has 1 fully saturated rings. The zero-order chi connectivity index (χ0) is 12.5. The lowest BCUT2D eigenvalue weighted by atomic mass is 10.5. The number of aromatic nitrogens is 1. The van der Waals surface area contributed by atoms with E-state index in [2.05, 4.69) is 20.9 Å². The van der Waals surface area contributed by atoms with Gasteiger partial charge in [-0.25, -0.2) is 8.42 Å². The van der Waals surface area contributed by atoms with Crippen LogP contribution in [0.4, 0.5) is 0 Å². The molecular formula is C9H11BrN2O3S2. The van der Waals surface area contributed by atoms with Crippen molar-refractivity contribution in [2.75, 3.05) is 24.6 Å². The first-order valence-electron chi connectivity index (χ1n) is 4.96. The zero-order valence-corrected chi connectivity index (χ0v) is 12.1. The smallest absolute Gasteiger partial charge is 0.244 e. The topological polar surface area (TPSA) is 67.3 Å². The first-order chi connectivity index (χ1) is 8.00. The van der Waals surface area contributed by atoms with Gasteiger partial charge in [0.1, 0.15) is 4.90 Å². The van der Waals surface area contributed by atoms with Crippen molar-refractivity contribution >= 4 is 36.8 Å². The minimum atomic E-state index is -3.50. The second-order valence-corrected chi connectivity index (χ2v) is 8.14. The Balaban J connectivity index is 2.27. The Morgan fingerprint density at radius 2 is 1.94 bits per heavy atom. The maximum absolute atomic E-state index is 12.2. The van der Waals surface area contributed by atoms with Crippen LogP contribution >= 0.6 is 15.9 Å². The number of hydrogen-bond acceptors (Lipinski definition) is 4. The molecule has 2 rings (SSSR count). The van der Waals surface area contributed by atoms with E-state index < -0.39 is 20.8 Å². The van der Waals surface area contributed by atoms with Crippen LogP contribution in [-0.2, 0) is 20.8 Å². The van der Waals surface area contributed by atoms with E-state index in [1.807, 2.05) is 0 Å². The summed E-state index contributed by atoms with van der Waals surface area (Å²) in [5.41, 5.74) is 0. The molecule has 1 aliphatic heterocycles. The van der Waals surface area contributed by atoms with Crippen molar-refractivity contribution in [3.63, 3.8) is 0 Å². The van der Waals surface area contributed by atoms with Crippen LogP contribution in [0.3, 0.4) is 0 Å². The second-order valence-electron chi connectivity index (χ2n) is 3.59. The molecular weight excluding hydrogens is 328 g/mol. The Morgan fingerprint density at radius 1 is 1.29 bits per heavy atom. The summed E-state index contributed by atoms with van der Waals surface area (Å²) in [7, 11) is -4.39. The van der Waals surface area contributed by atoms with Crippen LogP contribution in [-0.4, -0.2) is 46.5 Å². The van der Waals surface area contributed by atoms with E-state index in [1.54, 1.807) is 0 Å². The van der Waals surface area contributed by atoms with E-state index in [0.717, 1.165) is 0 Å². The molecule has 17 heavy (non-hydrogen) atoms. The Bertz CT molecular complexity index is 537. The van der Waals surface area contributed by atoms with E-state index in [0.29, 0.717) is 29.1 Å². The highest BCUT2D eigenvalue weighted by molar-refractivity contribution is 9.10. The molecule has 0 N–H and O–H groups in total. The second kappa shape index (κ2) is 5.13. The Kier molecular flexibility index (Phi) is 3.96. The molecule has 0 amide bonds. The van der Waals surface area contributed by atoms with Gasteiger partial charge < -0.3 is 0 Å². The van der Waals surface area contributed by atoms with Crippen LogP contribution in [0.15, 0.2) is 27.8 Å². The van der Waals surface area contributed by atoms with E-state index in [9.17, 15) is 12.6 Å². The molecule has 0 bridgehead atoms. The first kappa shape index (κ1) is 13.1. The highest BCUT2D eigenvalue weighted by atomic mass is 79.9. The maximum atomic E-state index is 12.2. The fraction of sp³-hybridized carbons (Fsp3) is 0.444. The molecule has 1 aromatic heterocycles. The number of halogens is 1. The van der Waals surface area contributed by atoms with Crippen LogP contribution in [0.1, 0.15) is 0 Å². The van der Waals surface area contributed by atoms with Crippen molar-refractivity contribution in [1.29, 1.82) is 0 Å². The molecule has 0 saturated carbocycles. The number of hydrogen-bond donors (Lipinski definition) is 0. The van der Waals surface area contributed by atoms with Gasteiger partial charge >= 0.3 is 0 Å². The molecule has 0 aliphatic carbocycles. The third-order valence-electron chi connectivity index (χ3n) is 2.45. The standard InChI is InChI=1S/C9H11BrN2O3S2/c10-8-5-9(7-11-6-8)17(14,15)12-1-3-16(13)4-2-12/h5-7H,1-4H2. The third-order valence-corrected chi connectivity index (χ3v) is 6.03. The van der Waals surface area contributed by atoms with Crippen LogP contribution < -0.4 is 0 Å². The van der Waals surface area contributed by atoms with Gasteiger partial charge in [-0.3, -0.25) is 9.19 Å². The fourth-order valence-corrected chi connectivity index (χ4v) is 4.78. The van der Waals surface area contributed by atoms with Crippen molar-refractivity contribution < 1.29 is 12.6 Å². The Hall–Kier alpha value is -0.310. The molecule has 0 spiro atoms. The lowest BCUT2D eigenvalue weighted by Crippen LogP contribution is -2.41. The average Bonchev–Trinajstić information content (AvgIpc) is 2.29. The summed E-state index contributed by atoms with van der Waals surface area (Å²) in [6.07, 6.45) is 2.86. The van der Waals surface area contributed by atoms with Crippen molar-refractivity contribution in [3.05, 3.63) is 22.9 Å². The van der Waals surface area contributed by atoms with Crippen molar-refractivity contribution in [2.24, 2.45) is 0 Å². The van der Waals surface area contributed by atoms with E-state index in [1.165, 1.54) is 22.8 Å². The summed E-state index contributed by atoms with van der Waals surface area (Å²) in [6.45, 7) is 0.614. The average molecular weight is 339 g/mol. The maximum Gasteiger partial charge on any atom is 0.244 e.